The van der Waals surface area contributed by atoms with Gasteiger partial charge in [0.1, 0.15) is 0 Å². The normalized spacial score (nSPS) is 19.9. The molecule has 1 spiro atoms. The van der Waals surface area contributed by atoms with Gasteiger partial charge in [-0.1, -0.05) is 18.2 Å². The van der Waals surface area contributed by atoms with Gasteiger partial charge in [-0.25, -0.2) is 0 Å². The van der Waals surface area contributed by atoms with Gasteiger partial charge in [-0.15, -0.1) is 0 Å². The van der Waals surface area contributed by atoms with Crippen LogP contribution in [0.15, 0.2) is 60.9 Å². The predicted molar refractivity (Wildman–Crippen MR) is 159 cm³/mol. The first-order valence-electron chi connectivity index (χ1n) is 14.8. The van der Waals surface area contributed by atoms with Crippen molar-refractivity contribution < 1.29 is 9.59 Å². The van der Waals surface area contributed by atoms with Crippen LogP contribution >= 0.6 is 0 Å². The summed E-state index contributed by atoms with van der Waals surface area (Å²) in [5, 5.41) is 0. The minimum atomic E-state index is -0.00892. The zero-order chi connectivity index (χ0) is 27.9. The third-order valence-electron chi connectivity index (χ3n) is 10.0. The van der Waals surface area contributed by atoms with Crippen molar-refractivity contribution in [3.05, 3.63) is 94.3 Å². The number of fused-ring (bicyclic) bond motifs is 1. The number of aryl methyl sites for hydroxylation is 2. The predicted octanol–water partition coefficient (Wildman–Crippen LogP) is 5.98. The van der Waals surface area contributed by atoms with Gasteiger partial charge in [0, 0.05) is 62.4 Å². The number of hydrogen-bond acceptors (Lipinski definition) is 4. The van der Waals surface area contributed by atoms with Gasteiger partial charge in [0.25, 0.3) is 11.8 Å². The Kier molecular flexibility index (Phi) is 7.11. The summed E-state index contributed by atoms with van der Waals surface area (Å²) in [5.41, 5.74) is 7.66. The average Bonchev–Trinajstić information content (AvgIpc) is 3.42. The number of pyridine rings is 1. The number of hydrogen-bond donors (Lipinski definition) is 0. The molecule has 1 unspecified atom stereocenters. The molecule has 2 aromatic carbocycles. The second kappa shape index (κ2) is 10.7. The topological polar surface area (TPSA) is 56.8 Å². The smallest absolute Gasteiger partial charge is 0.254 e. The van der Waals surface area contributed by atoms with Crippen LogP contribution in [0.5, 0.6) is 0 Å². The Labute approximate surface area is 238 Å². The summed E-state index contributed by atoms with van der Waals surface area (Å²) in [7, 11) is 1.91. The van der Waals surface area contributed by atoms with Gasteiger partial charge in [-0.3, -0.25) is 14.6 Å². The first kappa shape index (κ1) is 26.5. The first-order valence-corrected chi connectivity index (χ1v) is 14.8. The molecule has 1 aliphatic carbocycles. The van der Waals surface area contributed by atoms with Gasteiger partial charge in [0.2, 0.25) is 0 Å². The van der Waals surface area contributed by atoms with Crippen molar-refractivity contribution >= 4 is 17.5 Å². The molecule has 0 radical (unpaired) electrons. The second-order valence-electron chi connectivity index (χ2n) is 12.1. The van der Waals surface area contributed by atoms with Gasteiger partial charge in [-0.2, -0.15) is 0 Å². The third kappa shape index (κ3) is 4.89. The monoisotopic (exact) mass is 536 g/mol. The fourth-order valence-corrected chi connectivity index (χ4v) is 7.09. The highest BCUT2D eigenvalue weighted by Gasteiger charge is 2.39. The summed E-state index contributed by atoms with van der Waals surface area (Å²) in [6.07, 6.45) is 10.1. The lowest BCUT2D eigenvalue weighted by atomic mass is 9.71. The number of carbonyl (C=O) groups excluding carboxylic acids is 2. The van der Waals surface area contributed by atoms with Gasteiger partial charge >= 0.3 is 0 Å². The molecule has 3 aliphatic rings. The Balaban J connectivity index is 1.11. The molecule has 6 rings (SSSR count). The van der Waals surface area contributed by atoms with Gasteiger partial charge in [-0.05, 0) is 110 Å². The van der Waals surface area contributed by atoms with Crippen LogP contribution < -0.4 is 4.90 Å². The van der Waals surface area contributed by atoms with E-state index in [1.165, 1.54) is 24.1 Å². The van der Waals surface area contributed by atoms with Crippen molar-refractivity contribution in [1.82, 2.24) is 14.8 Å². The van der Waals surface area contributed by atoms with Crippen LogP contribution in [-0.4, -0.2) is 59.8 Å². The molecule has 2 aliphatic heterocycles. The maximum atomic E-state index is 13.7. The molecule has 2 saturated heterocycles. The maximum Gasteiger partial charge on any atom is 0.254 e. The van der Waals surface area contributed by atoms with Crippen molar-refractivity contribution in [2.45, 2.75) is 58.4 Å². The van der Waals surface area contributed by atoms with E-state index in [0.29, 0.717) is 5.41 Å². The van der Waals surface area contributed by atoms with E-state index in [1.807, 2.05) is 62.5 Å². The number of benzene rings is 2. The SMILES string of the molecule is Cc1cccc(C(=O)N(C)C2CCc3ccc(C(=O)N4CCC5(CC4)CCN(c4ccncc4)CC5)cc32)c1C. The fourth-order valence-electron chi connectivity index (χ4n) is 7.09. The highest BCUT2D eigenvalue weighted by atomic mass is 16.2. The first-order chi connectivity index (χ1) is 19.3. The summed E-state index contributed by atoms with van der Waals surface area (Å²) >= 11 is 0. The van der Waals surface area contributed by atoms with Gasteiger partial charge < -0.3 is 14.7 Å². The zero-order valence-corrected chi connectivity index (χ0v) is 24.0. The van der Waals surface area contributed by atoms with Crippen LogP contribution in [0.1, 0.15) is 81.1 Å². The molecule has 40 heavy (non-hydrogen) atoms. The van der Waals surface area contributed by atoms with E-state index in [9.17, 15) is 9.59 Å². The Bertz CT molecular complexity index is 1400. The molecule has 6 nitrogen and oxygen atoms in total. The second-order valence-corrected chi connectivity index (χ2v) is 12.1. The van der Waals surface area contributed by atoms with Crippen molar-refractivity contribution in [1.29, 1.82) is 0 Å². The van der Waals surface area contributed by atoms with Crippen LogP contribution in [0.25, 0.3) is 0 Å². The molecular formula is C34H40N4O2. The van der Waals surface area contributed by atoms with Crippen molar-refractivity contribution in [2.24, 2.45) is 5.41 Å². The van der Waals surface area contributed by atoms with E-state index in [-0.39, 0.29) is 17.9 Å². The molecule has 6 heteroatoms. The Hall–Kier alpha value is -3.67. The summed E-state index contributed by atoms with van der Waals surface area (Å²) in [4.78, 5) is 37.7. The number of aromatic nitrogens is 1. The Morgan fingerprint density at radius 2 is 1.62 bits per heavy atom. The number of carbonyl (C=O) groups is 2. The molecule has 2 fully saturated rings. The summed E-state index contributed by atoms with van der Waals surface area (Å²) in [6.45, 7) is 7.84. The lowest BCUT2D eigenvalue weighted by molar-refractivity contribution is 0.0515. The van der Waals surface area contributed by atoms with E-state index in [0.717, 1.165) is 79.7 Å². The molecule has 3 aromatic rings. The maximum absolute atomic E-state index is 13.7. The Morgan fingerprint density at radius 1 is 0.925 bits per heavy atom. The van der Waals surface area contributed by atoms with Crippen LogP contribution in [-0.2, 0) is 6.42 Å². The zero-order valence-electron chi connectivity index (χ0n) is 24.0. The molecule has 2 amide bonds. The molecular weight excluding hydrogens is 496 g/mol. The van der Waals surface area contributed by atoms with Crippen LogP contribution in [0.2, 0.25) is 0 Å². The van der Waals surface area contributed by atoms with E-state index >= 15 is 0 Å². The number of anilines is 1. The van der Waals surface area contributed by atoms with Crippen molar-refractivity contribution in [3.8, 4) is 0 Å². The fraction of sp³-hybridized carbons (Fsp3) is 0.441. The standard InChI is InChI=1S/C34H40N4O2/c1-24-5-4-6-29(25(24)2)33(40)36(3)31-10-9-26-7-8-27(23-30(26)31)32(39)38-21-15-34(16-22-38)13-19-37(20-14-34)28-11-17-35-18-12-28/h4-8,11-12,17-18,23,31H,9-10,13-16,19-22H2,1-3H3. The van der Waals surface area contributed by atoms with E-state index in [1.54, 1.807) is 0 Å². The number of rotatable bonds is 4. The number of nitrogens with zero attached hydrogens (tertiary/aromatic N) is 4. The van der Waals surface area contributed by atoms with E-state index in [4.69, 9.17) is 0 Å². The molecule has 208 valence electrons. The lowest BCUT2D eigenvalue weighted by Gasteiger charge is -2.47. The molecule has 1 atom stereocenters. The molecule has 0 bridgehead atoms. The highest BCUT2D eigenvalue weighted by molar-refractivity contribution is 5.97. The number of piperidine rings is 2. The number of likely N-dealkylation sites (tertiary alicyclic amines) is 1. The van der Waals surface area contributed by atoms with Crippen LogP contribution in [0.4, 0.5) is 5.69 Å². The minimum Gasteiger partial charge on any atom is -0.371 e. The molecule has 0 N–H and O–H groups in total. The van der Waals surface area contributed by atoms with Gasteiger partial charge in [0.05, 0.1) is 6.04 Å². The van der Waals surface area contributed by atoms with Gasteiger partial charge in [0.15, 0.2) is 0 Å². The lowest BCUT2D eigenvalue weighted by Crippen LogP contribution is -2.48. The third-order valence-corrected chi connectivity index (χ3v) is 10.0. The minimum absolute atomic E-state index is 0.00892. The quantitative estimate of drug-likeness (QED) is 0.412. The summed E-state index contributed by atoms with van der Waals surface area (Å²) in [6, 6.07) is 16.3. The summed E-state index contributed by atoms with van der Waals surface area (Å²) in [5.74, 6) is 0.174. The molecule has 3 heterocycles. The van der Waals surface area contributed by atoms with E-state index < -0.39 is 0 Å². The summed E-state index contributed by atoms with van der Waals surface area (Å²) < 4.78 is 0. The average molecular weight is 537 g/mol. The van der Waals surface area contributed by atoms with E-state index in [2.05, 4.69) is 39.0 Å². The number of amides is 2. The van der Waals surface area contributed by atoms with Crippen molar-refractivity contribution in [2.75, 3.05) is 38.1 Å². The van der Waals surface area contributed by atoms with Crippen LogP contribution in [0, 0.1) is 19.3 Å². The Morgan fingerprint density at radius 3 is 2.35 bits per heavy atom. The van der Waals surface area contributed by atoms with Crippen molar-refractivity contribution in [3.63, 3.8) is 0 Å². The highest BCUT2D eigenvalue weighted by Crippen LogP contribution is 2.43. The largest absolute Gasteiger partial charge is 0.371 e. The molecule has 1 aromatic heterocycles. The van der Waals surface area contributed by atoms with Crippen LogP contribution in [0.3, 0.4) is 0 Å². The molecule has 0 saturated carbocycles.